The summed E-state index contributed by atoms with van der Waals surface area (Å²) >= 11 is 0. The first kappa shape index (κ1) is 11.9. The molecule has 0 saturated carbocycles. The number of hydrogen-bond donors (Lipinski definition) is 2. The Labute approximate surface area is 99.0 Å². The highest BCUT2D eigenvalue weighted by molar-refractivity contribution is 5.89. The summed E-state index contributed by atoms with van der Waals surface area (Å²) in [5.41, 5.74) is 1.06. The second-order valence-electron chi connectivity index (χ2n) is 4.30. The van der Waals surface area contributed by atoms with Gasteiger partial charge in [-0.15, -0.1) is 0 Å². The van der Waals surface area contributed by atoms with Crippen LogP contribution in [0.1, 0.15) is 12.0 Å². The van der Waals surface area contributed by atoms with Crippen LogP contribution < -0.4 is 5.32 Å². The third kappa shape index (κ3) is 2.74. The zero-order valence-electron chi connectivity index (χ0n) is 9.61. The smallest absolute Gasteiger partial charge is 0.322 e. The van der Waals surface area contributed by atoms with Gasteiger partial charge in [-0.25, -0.2) is 9.18 Å². The summed E-state index contributed by atoms with van der Waals surface area (Å²) in [6.45, 7) is 2.63. The van der Waals surface area contributed by atoms with Crippen molar-refractivity contribution in [2.75, 3.05) is 18.4 Å². The first-order valence-electron chi connectivity index (χ1n) is 5.56. The lowest BCUT2D eigenvalue weighted by Gasteiger charge is -2.16. The number of urea groups is 1. The minimum atomic E-state index is -0.469. The van der Waals surface area contributed by atoms with Crippen molar-refractivity contribution in [2.45, 2.75) is 19.4 Å². The van der Waals surface area contributed by atoms with E-state index in [1.165, 1.54) is 11.0 Å². The molecule has 1 fully saturated rings. The number of hydrogen-bond acceptors (Lipinski definition) is 2. The van der Waals surface area contributed by atoms with Crippen molar-refractivity contribution < 1.29 is 14.3 Å². The minimum Gasteiger partial charge on any atom is -0.391 e. The molecule has 0 radical (unpaired) electrons. The van der Waals surface area contributed by atoms with Gasteiger partial charge in [-0.3, -0.25) is 0 Å². The van der Waals surface area contributed by atoms with Gasteiger partial charge in [-0.2, -0.15) is 0 Å². The number of aliphatic hydroxyl groups is 1. The molecule has 1 atom stereocenters. The summed E-state index contributed by atoms with van der Waals surface area (Å²) in [6, 6.07) is 4.18. The molecular weight excluding hydrogens is 223 g/mol. The molecule has 92 valence electrons. The average Bonchev–Trinajstić information content (AvgIpc) is 2.70. The van der Waals surface area contributed by atoms with E-state index in [9.17, 15) is 14.3 Å². The Morgan fingerprint density at radius 3 is 3.00 bits per heavy atom. The quantitative estimate of drug-likeness (QED) is 0.783. The molecule has 1 aromatic rings. The van der Waals surface area contributed by atoms with E-state index in [4.69, 9.17) is 0 Å². The number of carbonyl (C=O) groups is 1. The SMILES string of the molecule is Cc1ccc(F)c(NC(=O)N2CC[C@@H](O)C2)c1. The van der Waals surface area contributed by atoms with Crippen LogP contribution in [0.2, 0.25) is 0 Å². The van der Waals surface area contributed by atoms with Crippen LogP contribution in [0.25, 0.3) is 0 Å². The summed E-state index contributed by atoms with van der Waals surface area (Å²) in [5, 5.41) is 11.8. The number of β-amino-alcohol motifs (C(OH)–C–C–N with tert-alkyl or cyclic N) is 1. The third-order valence-electron chi connectivity index (χ3n) is 2.81. The van der Waals surface area contributed by atoms with E-state index in [0.717, 1.165) is 5.56 Å². The first-order valence-corrected chi connectivity index (χ1v) is 5.56. The number of aryl methyl sites for hydroxylation is 1. The fourth-order valence-corrected chi connectivity index (χ4v) is 1.86. The van der Waals surface area contributed by atoms with E-state index >= 15 is 0 Å². The lowest BCUT2D eigenvalue weighted by Crippen LogP contribution is -2.33. The molecule has 0 spiro atoms. The molecule has 17 heavy (non-hydrogen) atoms. The summed E-state index contributed by atoms with van der Waals surface area (Å²) in [5.74, 6) is -0.455. The van der Waals surface area contributed by atoms with Gasteiger partial charge in [0.1, 0.15) is 5.82 Å². The van der Waals surface area contributed by atoms with Crippen molar-refractivity contribution in [3.05, 3.63) is 29.6 Å². The van der Waals surface area contributed by atoms with Crippen molar-refractivity contribution >= 4 is 11.7 Å². The highest BCUT2D eigenvalue weighted by atomic mass is 19.1. The molecule has 2 N–H and O–H groups in total. The number of nitrogens with one attached hydrogen (secondary N) is 1. The lowest BCUT2D eigenvalue weighted by molar-refractivity contribution is 0.176. The van der Waals surface area contributed by atoms with Gasteiger partial charge in [0, 0.05) is 13.1 Å². The van der Waals surface area contributed by atoms with Crippen LogP contribution in [0, 0.1) is 12.7 Å². The first-order chi connectivity index (χ1) is 8.06. The maximum absolute atomic E-state index is 13.4. The molecule has 0 aliphatic carbocycles. The maximum Gasteiger partial charge on any atom is 0.322 e. The molecule has 1 aliphatic rings. The zero-order valence-corrected chi connectivity index (χ0v) is 9.61. The minimum absolute atomic E-state index is 0.177. The highest BCUT2D eigenvalue weighted by Gasteiger charge is 2.24. The van der Waals surface area contributed by atoms with Crippen LogP contribution >= 0.6 is 0 Å². The van der Waals surface area contributed by atoms with Crippen LogP contribution in [-0.2, 0) is 0 Å². The molecule has 2 rings (SSSR count). The van der Waals surface area contributed by atoms with Gasteiger partial charge in [0.25, 0.3) is 0 Å². The van der Waals surface area contributed by atoms with Crippen molar-refractivity contribution in [1.82, 2.24) is 4.90 Å². The molecule has 2 amide bonds. The zero-order chi connectivity index (χ0) is 12.4. The van der Waals surface area contributed by atoms with Crippen LogP contribution in [0.4, 0.5) is 14.9 Å². The molecule has 1 saturated heterocycles. The monoisotopic (exact) mass is 238 g/mol. The predicted molar refractivity (Wildman–Crippen MR) is 62.4 cm³/mol. The number of carbonyl (C=O) groups excluding carboxylic acids is 1. The van der Waals surface area contributed by atoms with Crippen LogP contribution in [-0.4, -0.2) is 35.2 Å². The topological polar surface area (TPSA) is 52.6 Å². The number of amides is 2. The Morgan fingerprint density at radius 1 is 1.59 bits per heavy atom. The van der Waals surface area contributed by atoms with E-state index in [2.05, 4.69) is 5.32 Å². The van der Waals surface area contributed by atoms with Gasteiger partial charge in [0.2, 0.25) is 0 Å². The van der Waals surface area contributed by atoms with E-state index in [1.807, 2.05) is 6.92 Å². The fraction of sp³-hybridized carbons (Fsp3) is 0.417. The second-order valence-corrected chi connectivity index (χ2v) is 4.30. The average molecular weight is 238 g/mol. The molecule has 0 aromatic heterocycles. The molecule has 0 unspecified atom stereocenters. The van der Waals surface area contributed by atoms with Gasteiger partial charge < -0.3 is 15.3 Å². The summed E-state index contributed by atoms with van der Waals surface area (Å²) in [7, 11) is 0. The molecule has 4 nitrogen and oxygen atoms in total. The Morgan fingerprint density at radius 2 is 2.35 bits per heavy atom. The number of anilines is 1. The van der Waals surface area contributed by atoms with Crippen molar-refractivity contribution in [2.24, 2.45) is 0 Å². The highest BCUT2D eigenvalue weighted by Crippen LogP contribution is 2.17. The molecule has 1 heterocycles. The van der Waals surface area contributed by atoms with E-state index < -0.39 is 11.9 Å². The number of halogens is 1. The Bertz CT molecular complexity index is 437. The van der Waals surface area contributed by atoms with E-state index in [1.54, 1.807) is 12.1 Å². The molecule has 0 bridgehead atoms. The molecule has 5 heteroatoms. The lowest BCUT2D eigenvalue weighted by atomic mass is 10.2. The van der Waals surface area contributed by atoms with Crippen molar-refractivity contribution in [1.29, 1.82) is 0 Å². The number of rotatable bonds is 1. The van der Waals surface area contributed by atoms with Gasteiger partial charge in [-0.05, 0) is 31.0 Å². The van der Waals surface area contributed by atoms with Crippen molar-refractivity contribution in [3.8, 4) is 0 Å². The van der Waals surface area contributed by atoms with Crippen LogP contribution in [0.15, 0.2) is 18.2 Å². The van der Waals surface area contributed by atoms with Gasteiger partial charge >= 0.3 is 6.03 Å². The normalized spacial score (nSPS) is 19.5. The maximum atomic E-state index is 13.4. The summed E-state index contributed by atoms with van der Waals surface area (Å²) < 4.78 is 13.4. The second kappa shape index (κ2) is 4.71. The number of likely N-dealkylation sites (tertiary alicyclic amines) is 1. The number of benzene rings is 1. The molecule has 1 aromatic carbocycles. The summed E-state index contributed by atoms with van der Waals surface area (Å²) in [6.07, 6.45) is 0.104. The largest absolute Gasteiger partial charge is 0.391 e. The van der Waals surface area contributed by atoms with Gasteiger partial charge in [-0.1, -0.05) is 6.07 Å². The van der Waals surface area contributed by atoms with Gasteiger partial charge in [0.15, 0.2) is 0 Å². The Hall–Kier alpha value is -1.62. The number of aliphatic hydroxyl groups excluding tert-OH is 1. The van der Waals surface area contributed by atoms with Crippen LogP contribution in [0.5, 0.6) is 0 Å². The number of nitrogens with zero attached hydrogens (tertiary/aromatic N) is 1. The van der Waals surface area contributed by atoms with Gasteiger partial charge in [0.05, 0.1) is 11.8 Å². The van der Waals surface area contributed by atoms with E-state index in [0.29, 0.717) is 19.5 Å². The predicted octanol–water partition coefficient (Wildman–Crippen LogP) is 1.73. The molecular formula is C12H15FN2O2. The molecule has 1 aliphatic heterocycles. The van der Waals surface area contributed by atoms with E-state index in [-0.39, 0.29) is 11.7 Å². The third-order valence-corrected chi connectivity index (χ3v) is 2.81. The summed E-state index contributed by atoms with van der Waals surface area (Å²) in [4.78, 5) is 13.2. The van der Waals surface area contributed by atoms with Crippen LogP contribution in [0.3, 0.4) is 0 Å². The standard InChI is InChI=1S/C12H15FN2O2/c1-8-2-3-10(13)11(6-8)14-12(17)15-5-4-9(16)7-15/h2-3,6,9,16H,4-5,7H2,1H3,(H,14,17)/t9-/m1/s1. The Balaban J connectivity index is 2.05. The van der Waals surface area contributed by atoms with Crippen molar-refractivity contribution in [3.63, 3.8) is 0 Å². The Kier molecular flexibility index (Phi) is 3.28. The fourth-order valence-electron chi connectivity index (χ4n) is 1.86.